The second kappa shape index (κ2) is 5.54. The van der Waals surface area contributed by atoms with Gasteiger partial charge in [0.2, 0.25) is 0 Å². The maximum absolute atomic E-state index is 5.52. The van der Waals surface area contributed by atoms with Crippen LogP contribution in [0, 0.1) is 18.8 Å². The minimum atomic E-state index is 0.0543. The molecule has 0 aromatic carbocycles. The molecule has 1 heterocycles. The summed E-state index contributed by atoms with van der Waals surface area (Å²) in [5.41, 5.74) is 4.89. The second-order valence-electron chi connectivity index (χ2n) is 3.38. The van der Waals surface area contributed by atoms with Crippen LogP contribution in [0.15, 0.2) is 6.07 Å². The van der Waals surface area contributed by atoms with Gasteiger partial charge in [0.15, 0.2) is 0 Å². The molecular weight excluding hydrogens is 188 g/mol. The van der Waals surface area contributed by atoms with E-state index in [0.29, 0.717) is 6.42 Å². The Morgan fingerprint density at radius 2 is 2.40 bits per heavy atom. The molecule has 0 fully saturated rings. The van der Waals surface area contributed by atoms with Gasteiger partial charge < -0.3 is 0 Å². The first-order valence-electron chi connectivity index (χ1n) is 5.13. The number of aromatic nitrogens is 2. The monoisotopic (exact) mass is 206 g/mol. The minimum Gasteiger partial charge on any atom is -0.271 e. The third-order valence-corrected chi connectivity index (χ3v) is 2.27. The van der Waals surface area contributed by atoms with Crippen LogP contribution in [0.25, 0.3) is 0 Å². The largest absolute Gasteiger partial charge is 0.271 e. The summed E-state index contributed by atoms with van der Waals surface area (Å²) in [4.78, 5) is 0. The summed E-state index contributed by atoms with van der Waals surface area (Å²) in [5, 5.41) is 4.38. The summed E-state index contributed by atoms with van der Waals surface area (Å²) in [6, 6.07) is 2.10. The topological polar surface area (TPSA) is 55.9 Å². The molecule has 1 aromatic rings. The number of nitrogens with one attached hydrogen (secondary N) is 1. The first kappa shape index (κ1) is 11.8. The molecule has 1 aromatic heterocycles. The van der Waals surface area contributed by atoms with Gasteiger partial charge in [-0.3, -0.25) is 16.0 Å². The molecule has 0 radical (unpaired) electrons. The molecule has 15 heavy (non-hydrogen) atoms. The summed E-state index contributed by atoms with van der Waals surface area (Å²) in [7, 11) is 0. The molecule has 0 aliphatic heterocycles. The molecule has 4 nitrogen and oxygen atoms in total. The fraction of sp³-hybridized carbons (Fsp3) is 0.545. The van der Waals surface area contributed by atoms with Gasteiger partial charge in [-0.2, -0.15) is 5.10 Å². The molecule has 0 aliphatic rings. The van der Waals surface area contributed by atoms with Crippen LogP contribution in [0.5, 0.6) is 0 Å². The molecule has 4 heteroatoms. The average molecular weight is 206 g/mol. The Kier molecular flexibility index (Phi) is 4.35. The number of nitrogens with two attached hydrogens (primary N) is 1. The van der Waals surface area contributed by atoms with Crippen molar-refractivity contribution in [2.75, 3.05) is 0 Å². The standard InChI is InChI=1S/C11H18N4/c1-4-6-7-10(13-12)11-8-9(3)14-15(11)5-2/h8,10,13H,5,7,12H2,1-3H3. The van der Waals surface area contributed by atoms with E-state index in [9.17, 15) is 0 Å². The Morgan fingerprint density at radius 3 is 2.93 bits per heavy atom. The zero-order chi connectivity index (χ0) is 11.3. The molecule has 0 saturated heterocycles. The van der Waals surface area contributed by atoms with Gasteiger partial charge in [-0.15, -0.1) is 11.8 Å². The van der Waals surface area contributed by atoms with Crippen molar-refractivity contribution in [3.8, 4) is 11.8 Å². The lowest BCUT2D eigenvalue weighted by molar-refractivity contribution is 0.500. The van der Waals surface area contributed by atoms with E-state index >= 15 is 0 Å². The Bertz CT molecular complexity index is 370. The van der Waals surface area contributed by atoms with Crippen LogP contribution in [-0.2, 0) is 6.54 Å². The third kappa shape index (κ3) is 2.82. The maximum atomic E-state index is 5.52. The predicted molar refractivity (Wildman–Crippen MR) is 60.8 cm³/mol. The molecule has 0 amide bonds. The highest BCUT2D eigenvalue weighted by molar-refractivity contribution is 5.15. The van der Waals surface area contributed by atoms with Gasteiger partial charge in [-0.25, -0.2) is 0 Å². The van der Waals surface area contributed by atoms with Crippen LogP contribution >= 0.6 is 0 Å². The fourth-order valence-electron chi connectivity index (χ4n) is 1.55. The number of hydrogen-bond donors (Lipinski definition) is 2. The fourth-order valence-corrected chi connectivity index (χ4v) is 1.55. The second-order valence-corrected chi connectivity index (χ2v) is 3.38. The highest BCUT2D eigenvalue weighted by Gasteiger charge is 2.14. The zero-order valence-corrected chi connectivity index (χ0v) is 9.54. The van der Waals surface area contributed by atoms with Crippen molar-refractivity contribution in [2.45, 2.75) is 39.8 Å². The molecule has 1 rings (SSSR count). The van der Waals surface area contributed by atoms with Crippen LogP contribution in [0.2, 0.25) is 0 Å². The van der Waals surface area contributed by atoms with E-state index in [1.807, 2.05) is 24.6 Å². The predicted octanol–water partition coefficient (Wildman–Crippen LogP) is 1.13. The van der Waals surface area contributed by atoms with Crippen molar-refractivity contribution in [3.63, 3.8) is 0 Å². The first-order valence-corrected chi connectivity index (χ1v) is 5.13. The van der Waals surface area contributed by atoms with E-state index in [4.69, 9.17) is 5.84 Å². The lowest BCUT2D eigenvalue weighted by Gasteiger charge is -2.14. The smallest absolute Gasteiger partial charge is 0.0738 e. The zero-order valence-electron chi connectivity index (χ0n) is 9.54. The molecule has 1 unspecified atom stereocenters. The Balaban J connectivity index is 2.92. The lowest BCUT2D eigenvalue weighted by atomic mass is 10.1. The first-order chi connectivity index (χ1) is 7.22. The van der Waals surface area contributed by atoms with Crippen LogP contribution in [0.1, 0.15) is 37.7 Å². The van der Waals surface area contributed by atoms with Crippen LogP contribution in [0.3, 0.4) is 0 Å². The van der Waals surface area contributed by atoms with Gasteiger partial charge in [0, 0.05) is 13.0 Å². The van der Waals surface area contributed by atoms with Crippen molar-refractivity contribution in [1.29, 1.82) is 0 Å². The van der Waals surface area contributed by atoms with Gasteiger partial charge in [-0.05, 0) is 26.8 Å². The third-order valence-electron chi connectivity index (χ3n) is 2.27. The Hall–Kier alpha value is -1.31. The Labute approximate surface area is 90.8 Å². The lowest BCUT2D eigenvalue weighted by Crippen LogP contribution is -2.29. The van der Waals surface area contributed by atoms with E-state index < -0.39 is 0 Å². The van der Waals surface area contributed by atoms with Crippen molar-refractivity contribution >= 4 is 0 Å². The van der Waals surface area contributed by atoms with Crippen molar-refractivity contribution in [3.05, 3.63) is 17.5 Å². The van der Waals surface area contributed by atoms with Crippen molar-refractivity contribution < 1.29 is 0 Å². The highest BCUT2D eigenvalue weighted by Crippen LogP contribution is 2.16. The molecule has 82 valence electrons. The van der Waals surface area contributed by atoms with Crippen LogP contribution in [-0.4, -0.2) is 9.78 Å². The summed E-state index contributed by atoms with van der Waals surface area (Å²) in [6.07, 6.45) is 0.706. The molecule has 1 atom stereocenters. The Morgan fingerprint density at radius 1 is 1.67 bits per heavy atom. The number of hydrazine groups is 1. The summed E-state index contributed by atoms with van der Waals surface area (Å²) >= 11 is 0. The van der Waals surface area contributed by atoms with E-state index in [-0.39, 0.29) is 6.04 Å². The summed E-state index contributed by atoms with van der Waals surface area (Å²) in [5.74, 6) is 11.4. The number of hydrogen-bond acceptors (Lipinski definition) is 3. The SMILES string of the molecule is CC#CCC(NN)c1cc(C)nn1CC. The van der Waals surface area contributed by atoms with E-state index in [2.05, 4.69) is 29.3 Å². The maximum Gasteiger partial charge on any atom is 0.0738 e. The van der Waals surface area contributed by atoms with E-state index in [1.165, 1.54) is 0 Å². The van der Waals surface area contributed by atoms with Gasteiger partial charge in [0.1, 0.15) is 0 Å². The van der Waals surface area contributed by atoms with Gasteiger partial charge in [0.05, 0.1) is 17.4 Å². The van der Waals surface area contributed by atoms with E-state index in [0.717, 1.165) is 17.9 Å². The quantitative estimate of drug-likeness (QED) is 0.441. The molecule has 0 bridgehead atoms. The van der Waals surface area contributed by atoms with Gasteiger partial charge in [0.25, 0.3) is 0 Å². The summed E-state index contributed by atoms with van der Waals surface area (Å²) < 4.78 is 1.96. The highest BCUT2D eigenvalue weighted by atomic mass is 15.3. The summed E-state index contributed by atoms with van der Waals surface area (Å²) in [6.45, 7) is 6.72. The number of aryl methyl sites for hydroxylation is 2. The molecule has 0 spiro atoms. The van der Waals surface area contributed by atoms with Crippen molar-refractivity contribution in [1.82, 2.24) is 15.2 Å². The molecule has 0 saturated carbocycles. The van der Waals surface area contributed by atoms with Crippen molar-refractivity contribution in [2.24, 2.45) is 5.84 Å². The molecule has 0 aliphatic carbocycles. The van der Waals surface area contributed by atoms with Crippen LogP contribution in [0.4, 0.5) is 0 Å². The number of rotatable bonds is 4. The van der Waals surface area contributed by atoms with Gasteiger partial charge >= 0.3 is 0 Å². The van der Waals surface area contributed by atoms with E-state index in [1.54, 1.807) is 0 Å². The number of nitrogens with zero attached hydrogens (tertiary/aromatic N) is 2. The van der Waals surface area contributed by atoms with Crippen LogP contribution < -0.4 is 11.3 Å². The molecular formula is C11H18N4. The molecule has 3 N–H and O–H groups in total. The normalized spacial score (nSPS) is 12.0. The van der Waals surface area contributed by atoms with Gasteiger partial charge in [-0.1, -0.05) is 0 Å². The minimum absolute atomic E-state index is 0.0543. The average Bonchev–Trinajstić information content (AvgIpc) is 2.61.